The quantitative estimate of drug-likeness (QED) is 0.695. The highest BCUT2D eigenvalue weighted by Gasteiger charge is 2.42. The van der Waals surface area contributed by atoms with Gasteiger partial charge in [0.05, 0.1) is 5.41 Å². The number of benzene rings is 1. The summed E-state index contributed by atoms with van der Waals surface area (Å²) in [5, 5.41) is 0. The van der Waals surface area contributed by atoms with Crippen LogP contribution in [0.4, 0.5) is 8.78 Å². The Morgan fingerprint density at radius 2 is 1.69 bits per heavy atom. The number of hydrogen-bond acceptors (Lipinski definition) is 0. The van der Waals surface area contributed by atoms with Crippen LogP contribution in [0.3, 0.4) is 0 Å². The van der Waals surface area contributed by atoms with Crippen LogP contribution in [0.2, 0.25) is 0 Å². The first-order valence-corrected chi connectivity index (χ1v) is 6.01. The molecule has 0 amide bonds. The van der Waals surface area contributed by atoms with Gasteiger partial charge in [-0.15, -0.1) is 0 Å². The summed E-state index contributed by atoms with van der Waals surface area (Å²) in [5.41, 5.74) is 0.998. The first-order valence-electron chi connectivity index (χ1n) is 6.01. The molecule has 1 aliphatic rings. The third-order valence-corrected chi connectivity index (χ3v) is 3.84. The van der Waals surface area contributed by atoms with Crippen molar-refractivity contribution in [2.45, 2.75) is 50.9 Å². The molecule has 0 spiro atoms. The number of alkyl halides is 2. The molecule has 2 heteroatoms. The Balaban J connectivity index is 2.43. The van der Waals surface area contributed by atoms with Gasteiger partial charge in [-0.3, -0.25) is 0 Å². The van der Waals surface area contributed by atoms with Crippen LogP contribution in [-0.4, -0.2) is 6.43 Å². The van der Waals surface area contributed by atoms with Crippen LogP contribution in [0.1, 0.15) is 43.2 Å². The maximum absolute atomic E-state index is 13.4. The van der Waals surface area contributed by atoms with Gasteiger partial charge in [0.15, 0.2) is 0 Å². The van der Waals surface area contributed by atoms with Crippen molar-refractivity contribution in [2.24, 2.45) is 0 Å². The van der Waals surface area contributed by atoms with E-state index in [0.29, 0.717) is 12.8 Å². The van der Waals surface area contributed by atoms with Gasteiger partial charge in [-0.05, 0) is 30.9 Å². The Kier molecular flexibility index (Phi) is 3.27. The summed E-state index contributed by atoms with van der Waals surface area (Å²) < 4.78 is 26.9. The van der Waals surface area contributed by atoms with Crippen molar-refractivity contribution >= 4 is 0 Å². The Morgan fingerprint density at radius 3 is 2.25 bits per heavy atom. The van der Waals surface area contributed by atoms with Crippen molar-refractivity contribution in [1.82, 2.24) is 0 Å². The minimum absolute atomic E-state index is 0.634. The van der Waals surface area contributed by atoms with E-state index < -0.39 is 11.8 Å². The van der Waals surface area contributed by atoms with Crippen molar-refractivity contribution in [1.29, 1.82) is 0 Å². The Hall–Kier alpha value is -0.920. The molecule has 0 saturated heterocycles. The predicted octanol–water partition coefficient (Wildman–Crippen LogP) is 4.46. The summed E-state index contributed by atoms with van der Waals surface area (Å²) in [6, 6.07) is 7.61. The van der Waals surface area contributed by atoms with E-state index in [2.05, 4.69) is 0 Å². The Labute approximate surface area is 95.7 Å². The van der Waals surface area contributed by atoms with Gasteiger partial charge in [-0.25, -0.2) is 8.78 Å². The molecule has 1 aromatic rings. The van der Waals surface area contributed by atoms with E-state index in [9.17, 15) is 8.78 Å². The van der Waals surface area contributed by atoms with Gasteiger partial charge in [-0.2, -0.15) is 0 Å². The molecule has 0 N–H and O–H groups in total. The maximum atomic E-state index is 13.4. The molecule has 1 saturated carbocycles. The second kappa shape index (κ2) is 4.52. The zero-order chi connectivity index (χ0) is 11.6. The maximum Gasteiger partial charge on any atom is 0.248 e. The van der Waals surface area contributed by atoms with Crippen molar-refractivity contribution in [3.63, 3.8) is 0 Å². The standard InChI is InChI=1S/C14H18F2/c1-11-7-3-4-8-12(11)14(13(15)16)9-5-2-6-10-14/h3-4,7-8,13H,2,5-6,9-10H2,1H3. The second-order valence-electron chi connectivity index (χ2n) is 4.83. The number of hydrogen-bond donors (Lipinski definition) is 0. The second-order valence-corrected chi connectivity index (χ2v) is 4.83. The predicted molar refractivity (Wildman–Crippen MR) is 61.9 cm³/mol. The van der Waals surface area contributed by atoms with Gasteiger partial charge in [0.2, 0.25) is 6.43 Å². The molecule has 0 aliphatic heterocycles. The molecule has 1 aliphatic carbocycles. The summed E-state index contributed by atoms with van der Waals surface area (Å²) in [7, 11) is 0. The molecule has 2 rings (SSSR count). The highest BCUT2D eigenvalue weighted by molar-refractivity contribution is 5.34. The molecule has 88 valence electrons. The molecule has 0 radical (unpaired) electrons. The summed E-state index contributed by atoms with van der Waals surface area (Å²) >= 11 is 0. The minimum atomic E-state index is -2.24. The normalized spacial score (nSPS) is 20.0. The SMILES string of the molecule is Cc1ccccc1C1(C(F)F)CCCCC1. The monoisotopic (exact) mass is 224 g/mol. The Bertz CT molecular complexity index is 352. The van der Waals surface area contributed by atoms with Crippen molar-refractivity contribution in [3.05, 3.63) is 35.4 Å². The highest BCUT2D eigenvalue weighted by atomic mass is 19.3. The third kappa shape index (κ3) is 1.85. The van der Waals surface area contributed by atoms with Gasteiger partial charge in [0.25, 0.3) is 0 Å². The van der Waals surface area contributed by atoms with Crippen LogP contribution in [-0.2, 0) is 5.41 Å². The van der Waals surface area contributed by atoms with Crippen LogP contribution < -0.4 is 0 Å². The summed E-state index contributed by atoms with van der Waals surface area (Å²) in [6.45, 7) is 1.94. The van der Waals surface area contributed by atoms with E-state index in [1.807, 2.05) is 31.2 Å². The molecule has 0 nitrogen and oxygen atoms in total. The smallest absolute Gasteiger partial charge is 0.210 e. The average Bonchev–Trinajstić information content (AvgIpc) is 2.30. The molecule has 0 bridgehead atoms. The summed E-state index contributed by atoms with van der Waals surface area (Å²) in [4.78, 5) is 0. The first kappa shape index (κ1) is 11.6. The largest absolute Gasteiger partial charge is 0.248 e. The van der Waals surface area contributed by atoms with Crippen LogP contribution in [0.5, 0.6) is 0 Å². The number of halogens is 2. The lowest BCUT2D eigenvalue weighted by Crippen LogP contribution is -2.37. The number of aryl methyl sites for hydroxylation is 1. The van der Waals surface area contributed by atoms with Gasteiger partial charge >= 0.3 is 0 Å². The van der Waals surface area contributed by atoms with E-state index >= 15 is 0 Å². The lowest BCUT2D eigenvalue weighted by Gasteiger charge is -2.38. The van der Waals surface area contributed by atoms with Gasteiger partial charge in [0.1, 0.15) is 0 Å². The van der Waals surface area contributed by atoms with Gasteiger partial charge < -0.3 is 0 Å². The highest BCUT2D eigenvalue weighted by Crippen LogP contribution is 2.45. The van der Waals surface area contributed by atoms with E-state index in [1.165, 1.54) is 0 Å². The van der Waals surface area contributed by atoms with E-state index in [-0.39, 0.29) is 0 Å². The fourth-order valence-corrected chi connectivity index (χ4v) is 2.92. The summed E-state index contributed by atoms with van der Waals surface area (Å²) in [5.74, 6) is 0. The van der Waals surface area contributed by atoms with Crippen molar-refractivity contribution in [3.8, 4) is 0 Å². The third-order valence-electron chi connectivity index (χ3n) is 3.84. The average molecular weight is 224 g/mol. The first-order chi connectivity index (χ1) is 7.67. The lowest BCUT2D eigenvalue weighted by atomic mass is 9.68. The fourth-order valence-electron chi connectivity index (χ4n) is 2.92. The van der Waals surface area contributed by atoms with Crippen LogP contribution in [0, 0.1) is 6.92 Å². The molecule has 0 atom stereocenters. The molecular formula is C14H18F2. The van der Waals surface area contributed by atoms with Crippen molar-refractivity contribution < 1.29 is 8.78 Å². The zero-order valence-corrected chi connectivity index (χ0v) is 9.68. The fraction of sp³-hybridized carbons (Fsp3) is 0.571. The van der Waals surface area contributed by atoms with Gasteiger partial charge in [0, 0.05) is 0 Å². The molecule has 0 heterocycles. The minimum Gasteiger partial charge on any atom is -0.210 e. The van der Waals surface area contributed by atoms with Crippen LogP contribution in [0.25, 0.3) is 0 Å². The molecule has 1 fully saturated rings. The van der Waals surface area contributed by atoms with Gasteiger partial charge in [-0.1, -0.05) is 43.5 Å². The summed E-state index contributed by atoms with van der Waals surface area (Å²) in [6.07, 6.45) is 1.98. The van der Waals surface area contributed by atoms with E-state index in [1.54, 1.807) is 0 Å². The van der Waals surface area contributed by atoms with E-state index in [0.717, 1.165) is 30.4 Å². The van der Waals surface area contributed by atoms with Crippen molar-refractivity contribution in [2.75, 3.05) is 0 Å². The van der Waals surface area contributed by atoms with E-state index in [4.69, 9.17) is 0 Å². The Morgan fingerprint density at radius 1 is 1.06 bits per heavy atom. The zero-order valence-electron chi connectivity index (χ0n) is 9.68. The molecular weight excluding hydrogens is 206 g/mol. The van der Waals surface area contributed by atoms with Crippen LogP contribution in [0.15, 0.2) is 24.3 Å². The van der Waals surface area contributed by atoms with Crippen LogP contribution >= 0.6 is 0 Å². The lowest BCUT2D eigenvalue weighted by molar-refractivity contribution is 0.0251. The number of rotatable bonds is 2. The molecule has 1 aromatic carbocycles. The molecule has 16 heavy (non-hydrogen) atoms. The topological polar surface area (TPSA) is 0 Å². The molecule has 0 aromatic heterocycles. The molecule has 0 unspecified atom stereocenters.